The smallest absolute Gasteiger partial charge is 0.323 e. The maximum atomic E-state index is 12.5. The minimum Gasteiger partial charge on any atom is -0.480 e. The Hall–Kier alpha value is -2.54. The van der Waals surface area contributed by atoms with Crippen molar-refractivity contribution in [2.45, 2.75) is 13.8 Å². The van der Waals surface area contributed by atoms with Crippen molar-refractivity contribution in [3.8, 4) is 0 Å². The molecule has 0 saturated carbocycles. The number of aryl methyl sites for hydroxylation is 2. The van der Waals surface area contributed by atoms with Crippen molar-refractivity contribution in [2.24, 2.45) is 0 Å². The van der Waals surface area contributed by atoms with Crippen LogP contribution in [-0.4, -0.2) is 34.4 Å². The molecule has 126 valence electrons. The third-order valence-electron chi connectivity index (χ3n) is 3.35. The molecule has 0 spiro atoms. The molecular formula is C17H17NO5S. The monoisotopic (exact) mass is 347 g/mol. The van der Waals surface area contributed by atoms with Gasteiger partial charge in [-0.2, -0.15) is 0 Å². The van der Waals surface area contributed by atoms with Gasteiger partial charge in [0.25, 0.3) is 5.12 Å². The van der Waals surface area contributed by atoms with Gasteiger partial charge >= 0.3 is 5.97 Å². The Labute approximate surface area is 143 Å². The van der Waals surface area contributed by atoms with Crippen LogP contribution in [0.15, 0.2) is 41.0 Å². The topological polar surface area (TPSA) is 87.8 Å². The minimum absolute atomic E-state index is 0.157. The van der Waals surface area contributed by atoms with Crippen molar-refractivity contribution in [1.29, 1.82) is 0 Å². The quantitative estimate of drug-likeness (QED) is 0.864. The van der Waals surface area contributed by atoms with E-state index in [1.54, 1.807) is 6.07 Å². The first-order chi connectivity index (χ1) is 11.4. The SMILES string of the molecule is Cc1cccc(C)c1N(CC(=O)O)C(=O)CSC(=O)c1ccco1. The lowest BCUT2D eigenvalue weighted by atomic mass is 10.1. The molecule has 0 aliphatic rings. The van der Waals surface area contributed by atoms with Gasteiger partial charge < -0.3 is 9.52 Å². The maximum absolute atomic E-state index is 12.5. The summed E-state index contributed by atoms with van der Waals surface area (Å²) < 4.78 is 4.99. The number of furan rings is 1. The van der Waals surface area contributed by atoms with Crippen molar-refractivity contribution >= 4 is 34.4 Å². The van der Waals surface area contributed by atoms with Crippen LogP contribution in [-0.2, 0) is 9.59 Å². The normalized spacial score (nSPS) is 10.4. The van der Waals surface area contributed by atoms with Crippen molar-refractivity contribution in [3.05, 3.63) is 53.5 Å². The van der Waals surface area contributed by atoms with E-state index in [1.165, 1.54) is 17.2 Å². The molecule has 0 fully saturated rings. The molecule has 0 aliphatic carbocycles. The average molecular weight is 347 g/mol. The number of carboxylic acid groups (broad SMARTS) is 1. The number of aliphatic carboxylic acids is 1. The number of para-hydroxylation sites is 1. The van der Waals surface area contributed by atoms with Gasteiger partial charge in [-0.3, -0.25) is 19.3 Å². The Morgan fingerprint density at radius 1 is 1.12 bits per heavy atom. The molecule has 0 atom stereocenters. The highest BCUT2D eigenvalue weighted by atomic mass is 32.2. The average Bonchev–Trinajstić information content (AvgIpc) is 3.05. The van der Waals surface area contributed by atoms with E-state index < -0.39 is 18.4 Å². The number of hydrogen-bond donors (Lipinski definition) is 1. The molecule has 6 nitrogen and oxygen atoms in total. The highest BCUT2D eigenvalue weighted by Gasteiger charge is 2.23. The summed E-state index contributed by atoms with van der Waals surface area (Å²) in [6, 6.07) is 8.56. The van der Waals surface area contributed by atoms with Crippen LogP contribution in [0.5, 0.6) is 0 Å². The number of carbonyl (C=O) groups excluding carboxylic acids is 2. The highest BCUT2D eigenvalue weighted by Crippen LogP contribution is 2.25. The van der Waals surface area contributed by atoms with Crippen LogP contribution in [0.4, 0.5) is 5.69 Å². The molecule has 0 saturated heterocycles. The summed E-state index contributed by atoms with van der Waals surface area (Å²) in [5, 5.41) is 8.75. The van der Waals surface area contributed by atoms with Gasteiger partial charge in [-0.15, -0.1) is 0 Å². The van der Waals surface area contributed by atoms with Gasteiger partial charge in [0.05, 0.1) is 17.7 Å². The number of nitrogens with zero attached hydrogens (tertiary/aromatic N) is 1. The fourth-order valence-corrected chi connectivity index (χ4v) is 3.00. The Balaban J connectivity index is 2.17. The van der Waals surface area contributed by atoms with Crippen LogP contribution in [0.2, 0.25) is 0 Å². The summed E-state index contributed by atoms with van der Waals surface area (Å²) in [5.74, 6) is -1.57. The summed E-state index contributed by atoms with van der Waals surface area (Å²) in [6.07, 6.45) is 1.38. The molecule has 1 aromatic heterocycles. The molecule has 2 rings (SSSR count). The molecule has 1 N–H and O–H groups in total. The van der Waals surface area contributed by atoms with E-state index in [0.29, 0.717) is 5.69 Å². The summed E-state index contributed by atoms with van der Waals surface area (Å²) in [7, 11) is 0. The second-order valence-corrected chi connectivity index (χ2v) is 6.12. The molecule has 1 amide bonds. The van der Waals surface area contributed by atoms with E-state index in [0.717, 1.165) is 22.9 Å². The number of thioether (sulfide) groups is 1. The minimum atomic E-state index is -1.12. The summed E-state index contributed by atoms with van der Waals surface area (Å²) in [6.45, 7) is 3.16. The maximum Gasteiger partial charge on any atom is 0.323 e. The molecule has 0 bridgehead atoms. The Kier molecular flexibility index (Phi) is 5.81. The predicted octanol–water partition coefficient (Wildman–Crippen LogP) is 2.89. The molecule has 1 aromatic carbocycles. The van der Waals surface area contributed by atoms with Crippen LogP contribution < -0.4 is 4.90 Å². The van der Waals surface area contributed by atoms with E-state index in [2.05, 4.69) is 0 Å². The van der Waals surface area contributed by atoms with E-state index in [1.807, 2.05) is 32.0 Å². The first-order valence-electron chi connectivity index (χ1n) is 7.19. The zero-order valence-electron chi connectivity index (χ0n) is 13.3. The van der Waals surface area contributed by atoms with Crippen LogP contribution in [0, 0.1) is 13.8 Å². The standard InChI is InChI=1S/C17H17NO5S/c1-11-5-3-6-12(2)16(11)18(9-15(20)21)14(19)10-24-17(22)13-7-4-8-23-13/h3-8H,9-10H2,1-2H3,(H,20,21). The molecule has 1 heterocycles. The zero-order valence-corrected chi connectivity index (χ0v) is 14.1. The lowest BCUT2D eigenvalue weighted by Gasteiger charge is -2.24. The third kappa shape index (κ3) is 4.26. The Morgan fingerprint density at radius 3 is 2.33 bits per heavy atom. The number of benzene rings is 1. The number of hydrogen-bond acceptors (Lipinski definition) is 5. The zero-order chi connectivity index (χ0) is 17.7. The number of carboxylic acids is 1. The molecule has 24 heavy (non-hydrogen) atoms. The van der Waals surface area contributed by atoms with Crippen LogP contribution in [0.25, 0.3) is 0 Å². The van der Waals surface area contributed by atoms with Crippen molar-refractivity contribution < 1.29 is 23.9 Å². The summed E-state index contributed by atoms with van der Waals surface area (Å²) in [4.78, 5) is 36.8. The molecular weight excluding hydrogens is 330 g/mol. The van der Waals surface area contributed by atoms with E-state index >= 15 is 0 Å². The summed E-state index contributed by atoms with van der Waals surface area (Å²) >= 11 is 0.787. The van der Waals surface area contributed by atoms with E-state index in [9.17, 15) is 14.4 Å². The second-order valence-electron chi connectivity index (χ2n) is 5.17. The van der Waals surface area contributed by atoms with Crippen molar-refractivity contribution in [1.82, 2.24) is 0 Å². The van der Waals surface area contributed by atoms with Gasteiger partial charge in [-0.05, 0) is 37.1 Å². The van der Waals surface area contributed by atoms with Gasteiger partial charge in [0.2, 0.25) is 5.91 Å². The second kappa shape index (κ2) is 7.83. The van der Waals surface area contributed by atoms with Gasteiger partial charge in [0, 0.05) is 0 Å². The first-order valence-corrected chi connectivity index (χ1v) is 8.17. The fraction of sp³-hybridized carbons (Fsp3) is 0.235. The largest absolute Gasteiger partial charge is 0.480 e. The summed E-state index contributed by atoms with van der Waals surface area (Å²) in [5.41, 5.74) is 2.16. The van der Waals surface area contributed by atoms with Crippen LogP contribution in [0.1, 0.15) is 21.7 Å². The first kappa shape index (κ1) is 17.8. The van der Waals surface area contributed by atoms with Crippen LogP contribution >= 0.6 is 11.8 Å². The lowest BCUT2D eigenvalue weighted by Crippen LogP contribution is -2.38. The Bertz CT molecular complexity index is 734. The Morgan fingerprint density at radius 2 is 1.79 bits per heavy atom. The lowest BCUT2D eigenvalue weighted by molar-refractivity contribution is -0.136. The van der Waals surface area contributed by atoms with Crippen LogP contribution in [0.3, 0.4) is 0 Å². The van der Waals surface area contributed by atoms with E-state index in [4.69, 9.17) is 9.52 Å². The number of carbonyl (C=O) groups is 3. The fourth-order valence-electron chi connectivity index (χ4n) is 2.33. The van der Waals surface area contributed by atoms with Crippen molar-refractivity contribution in [3.63, 3.8) is 0 Å². The van der Waals surface area contributed by atoms with Gasteiger partial charge in [0.1, 0.15) is 6.54 Å². The van der Waals surface area contributed by atoms with Crippen molar-refractivity contribution in [2.75, 3.05) is 17.2 Å². The molecule has 2 aromatic rings. The molecule has 0 radical (unpaired) electrons. The predicted molar refractivity (Wildman–Crippen MR) is 91.4 cm³/mol. The number of rotatable bonds is 6. The third-order valence-corrected chi connectivity index (χ3v) is 4.21. The van der Waals surface area contributed by atoms with Gasteiger partial charge in [0.15, 0.2) is 5.76 Å². The van der Waals surface area contributed by atoms with E-state index in [-0.39, 0.29) is 16.6 Å². The molecule has 0 unspecified atom stereocenters. The molecule has 7 heteroatoms. The van der Waals surface area contributed by atoms with Gasteiger partial charge in [-0.1, -0.05) is 30.0 Å². The highest BCUT2D eigenvalue weighted by molar-refractivity contribution is 8.14. The number of amides is 1. The molecule has 0 aliphatic heterocycles. The number of anilines is 1. The van der Waals surface area contributed by atoms with Gasteiger partial charge in [-0.25, -0.2) is 0 Å².